The van der Waals surface area contributed by atoms with Crippen LogP contribution >= 0.6 is 0 Å². The van der Waals surface area contributed by atoms with Crippen LogP contribution in [0.4, 0.5) is 5.69 Å². The van der Waals surface area contributed by atoms with Crippen molar-refractivity contribution in [2.45, 2.75) is 19.6 Å². The van der Waals surface area contributed by atoms with Crippen LogP contribution < -0.4 is 15.0 Å². The molecule has 1 atom stereocenters. The van der Waals surface area contributed by atoms with Crippen molar-refractivity contribution in [1.82, 2.24) is 5.32 Å². The smallest absolute Gasteiger partial charge is 0.262 e. The number of hydrogen-bond acceptors (Lipinski definition) is 3. The summed E-state index contributed by atoms with van der Waals surface area (Å²) >= 11 is 0. The molecular weight excluding hydrogens is 276 g/mol. The Bertz CT molecular complexity index is 667. The monoisotopic (exact) mass is 296 g/mol. The summed E-state index contributed by atoms with van der Waals surface area (Å²) in [4.78, 5) is 14.2. The molecule has 2 aromatic rings. The van der Waals surface area contributed by atoms with Crippen LogP contribution in [0.1, 0.15) is 11.1 Å². The molecule has 4 heteroatoms. The van der Waals surface area contributed by atoms with Gasteiger partial charge in [-0.15, -0.1) is 0 Å². The molecule has 0 fully saturated rings. The fourth-order valence-electron chi connectivity index (χ4n) is 2.67. The molecule has 0 bridgehead atoms. The molecule has 0 saturated carbocycles. The van der Waals surface area contributed by atoms with E-state index in [2.05, 4.69) is 41.4 Å². The summed E-state index contributed by atoms with van der Waals surface area (Å²) < 4.78 is 5.82. The number of benzene rings is 2. The molecule has 114 valence electrons. The second-order valence-electron chi connectivity index (χ2n) is 5.55. The summed E-state index contributed by atoms with van der Waals surface area (Å²) in [5.41, 5.74) is 3.50. The highest BCUT2D eigenvalue weighted by molar-refractivity contribution is 5.83. The number of anilines is 1. The van der Waals surface area contributed by atoms with Gasteiger partial charge >= 0.3 is 0 Å². The van der Waals surface area contributed by atoms with E-state index in [1.807, 2.05) is 24.3 Å². The quantitative estimate of drug-likeness (QED) is 0.946. The lowest BCUT2D eigenvalue weighted by Crippen LogP contribution is -2.47. The number of rotatable bonds is 3. The number of carbonyl (C=O) groups is 1. The predicted molar refractivity (Wildman–Crippen MR) is 87.2 cm³/mol. The van der Waals surface area contributed by atoms with E-state index >= 15 is 0 Å². The summed E-state index contributed by atoms with van der Waals surface area (Å²) in [6.45, 7) is 3.38. The Morgan fingerprint density at radius 1 is 1.23 bits per heavy atom. The molecule has 0 aliphatic carbocycles. The minimum absolute atomic E-state index is 0.0941. The Morgan fingerprint density at radius 2 is 1.95 bits per heavy atom. The first kappa shape index (κ1) is 14.4. The van der Waals surface area contributed by atoms with Crippen molar-refractivity contribution in [3.05, 3.63) is 59.7 Å². The highest BCUT2D eigenvalue weighted by Crippen LogP contribution is 2.34. The van der Waals surface area contributed by atoms with E-state index in [0.29, 0.717) is 6.54 Å². The summed E-state index contributed by atoms with van der Waals surface area (Å²) in [5, 5.41) is 2.67. The number of carbonyl (C=O) groups excluding carboxylic acids is 1. The van der Waals surface area contributed by atoms with Crippen LogP contribution in [0.15, 0.2) is 48.5 Å². The Morgan fingerprint density at radius 3 is 2.68 bits per heavy atom. The fourth-order valence-corrected chi connectivity index (χ4v) is 2.67. The third-order valence-electron chi connectivity index (χ3n) is 3.89. The molecule has 4 nitrogen and oxygen atoms in total. The van der Waals surface area contributed by atoms with Crippen LogP contribution in [-0.2, 0) is 11.3 Å². The molecular formula is C18H20N2O2. The molecule has 1 amide bonds. The topological polar surface area (TPSA) is 41.6 Å². The second kappa shape index (κ2) is 6.10. The van der Waals surface area contributed by atoms with Gasteiger partial charge in [0.1, 0.15) is 5.75 Å². The number of fused-ring (bicyclic) bond motifs is 1. The SMILES string of the molecule is CNC(=O)[C@@H]1CN(Cc2ccc(C)cc2)c2ccccc2O1. The minimum atomic E-state index is -0.481. The van der Waals surface area contributed by atoms with Crippen molar-refractivity contribution in [3.63, 3.8) is 0 Å². The predicted octanol–water partition coefficient (Wildman–Crippen LogP) is 2.51. The average Bonchev–Trinajstić information content (AvgIpc) is 2.56. The summed E-state index contributed by atoms with van der Waals surface area (Å²) in [7, 11) is 1.64. The van der Waals surface area contributed by atoms with Crippen LogP contribution in [0, 0.1) is 6.92 Å². The molecule has 1 aliphatic heterocycles. The zero-order chi connectivity index (χ0) is 15.5. The highest BCUT2D eigenvalue weighted by atomic mass is 16.5. The Kier molecular flexibility index (Phi) is 4.00. The molecule has 1 heterocycles. The van der Waals surface area contributed by atoms with Crippen molar-refractivity contribution in [2.24, 2.45) is 0 Å². The van der Waals surface area contributed by atoms with Crippen molar-refractivity contribution >= 4 is 11.6 Å². The third-order valence-corrected chi connectivity index (χ3v) is 3.89. The number of para-hydroxylation sites is 2. The molecule has 0 saturated heterocycles. The molecule has 2 aromatic carbocycles. The second-order valence-corrected chi connectivity index (χ2v) is 5.55. The number of nitrogens with zero attached hydrogens (tertiary/aromatic N) is 1. The lowest BCUT2D eigenvalue weighted by Gasteiger charge is -2.35. The first-order valence-corrected chi connectivity index (χ1v) is 7.45. The lowest BCUT2D eigenvalue weighted by atomic mass is 10.1. The maximum atomic E-state index is 12.0. The molecule has 0 radical (unpaired) electrons. The summed E-state index contributed by atoms with van der Waals surface area (Å²) in [5.74, 6) is 0.665. The largest absolute Gasteiger partial charge is 0.477 e. The number of amides is 1. The summed E-state index contributed by atoms with van der Waals surface area (Å²) in [6.07, 6.45) is -0.481. The van der Waals surface area contributed by atoms with Gasteiger partial charge in [0.25, 0.3) is 5.91 Å². The third kappa shape index (κ3) is 2.91. The zero-order valence-electron chi connectivity index (χ0n) is 12.9. The van der Waals surface area contributed by atoms with Gasteiger partial charge in [-0.25, -0.2) is 0 Å². The average molecular weight is 296 g/mol. The van der Waals surface area contributed by atoms with Gasteiger partial charge in [0.15, 0.2) is 6.10 Å². The van der Waals surface area contributed by atoms with Crippen molar-refractivity contribution < 1.29 is 9.53 Å². The van der Waals surface area contributed by atoms with Gasteiger partial charge in [0.2, 0.25) is 0 Å². The van der Waals surface area contributed by atoms with E-state index in [-0.39, 0.29) is 5.91 Å². The molecule has 3 rings (SSSR count). The normalized spacial score (nSPS) is 16.6. The van der Waals surface area contributed by atoms with E-state index in [0.717, 1.165) is 18.0 Å². The first-order valence-electron chi connectivity index (χ1n) is 7.45. The fraction of sp³-hybridized carbons (Fsp3) is 0.278. The Labute approximate surface area is 130 Å². The van der Waals surface area contributed by atoms with Crippen molar-refractivity contribution in [3.8, 4) is 5.75 Å². The Hall–Kier alpha value is -2.49. The van der Waals surface area contributed by atoms with Gasteiger partial charge in [0.05, 0.1) is 12.2 Å². The van der Waals surface area contributed by atoms with Gasteiger partial charge < -0.3 is 15.0 Å². The van der Waals surface area contributed by atoms with Crippen LogP contribution in [0.3, 0.4) is 0 Å². The lowest BCUT2D eigenvalue weighted by molar-refractivity contribution is -0.127. The molecule has 1 aliphatic rings. The van der Waals surface area contributed by atoms with E-state index in [1.165, 1.54) is 11.1 Å². The number of likely N-dealkylation sites (N-methyl/N-ethyl adjacent to an activating group) is 1. The van der Waals surface area contributed by atoms with Crippen molar-refractivity contribution in [1.29, 1.82) is 0 Å². The van der Waals surface area contributed by atoms with Crippen molar-refractivity contribution in [2.75, 3.05) is 18.5 Å². The van der Waals surface area contributed by atoms with Gasteiger partial charge in [-0.3, -0.25) is 4.79 Å². The van der Waals surface area contributed by atoms with E-state index in [1.54, 1.807) is 7.05 Å². The van der Waals surface area contributed by atoms with Crippen LogP contribution in [0.25, 0.3) is 0 Å². The standard InChI is InChI=1S/C18H20N2O2/c1-13-7-9-14(10-8-13)11-20-12-17(18(21)19-2)22-16-6-4-3-5-15(16)20/h3-10,17H,11-12H2,1-2H3,(H,19,21)/t17-/m0/s1. The minimum Gasteiger partial charge on any atom is -0.477 e. The van der Waals surface area contributed by atoms with E-state index in [4.69, 9.17) is 4.74 Å². The molecule has 0 aromatic heterocycles. The maximum Gasteiger partial charge on any atom is 0.262 e. The molecule has 1 N–H and O–H groups in total. The van der Waals surface area contributed by atoms with E-state index < -0.39 is 6.10 Å². The van der Waals surface area contributed by atoms with Gasteiger partial charge in [-0.1, -0.05) is 42.0 Å². The van der Waals surface area contributed by atoms with Crippen LogP contribution in [-0.4, -0.2) is 25.6 Å². The maximum absolute atomic E-state index is 12.0. The van der Waals surface area contributed by atoms with Gasteiger partial charge in [-0.2, -0.15) is 0 Å². The van der Waals surface area contributed by atoms with Crippen LogP contribution in [0.5, 0.6) is 5.75 Å². The summed E-state index contributed by atoms with van der Waals surface area (Å²) in [6, 6.07) is 16.3. The highest BCUT2D eigenvalue weighted by Gasteiger charge is 2.29. The first-order chi connectivity index (χ1) is 10.7. The zero-order valence-corrected chi connectivity index (χ0v) is 12.9. The molecule has 22 heavy (non-hydrogen) atoms. The van der Waals surface area contributed by atoms with Gasteiger partial charge in [0, 0.05) is 13.6 Å². The number of nitrogens with one attached hydrogen (secondary N) is 1. The van der Waals surface area contributed by atoms with Crippen LogP contribution in [0.2, 0.25) is 0 Å². The Balaban J connectivity index is 1.88. The van der Waals surface area contributed by atoms with E-state index in [9.17, 15) is 4.79 Å². The van der Waals surface area contributed by atoms with Gasteiger partial charge in [-0.05, 0) is 24.6 Å². The number of ether oxygens (including phenoxy) is 1. The molecule has 0 spiro atoms. The number of aryl methyl sites for hydroxylation is 1. The molecule has 0 unspecified atom stereocenters. The number of hydrogen-bond donors (Lipinski definition) is 1.